The van der Waals surface area contributed by atoms with Crippen LogP contribution >= 0.6 is 0 Å². The number of benzene rings is 1. The van der Waals surface area contributed by atoms with Crippen LogP contribution in [-0.2, 0) is 11.3 Å². The SMILES string of the molecule is CC(=O)N1CCC(NCc2ccc(N(C)C)cc2)CC1. The van der Waals surface area contributed by atoms with Gasteiger partial charge in [-0.25, -0.2) is 0 Å². The van der Waals surface area contributed by atoms with E-state index in [0.29, 0.717) is 6.04 Å². The zero-order valence-electron chi connectivity index (χ0n) is 12.7. The number of rotatable bonds is 4. The lowest BCUT2D eigenvalue weighted by molar-refractivity contribution is -0.129. The smallest absolute Gasteiger partial charge is 0.219 e. The number of likely N-dealkylation sites (tertiary alicyclic amines) is 1. The van der Waals surface area contributed by atoms with Crippen molar-refractivity contribution in [3.05, 3.63) is 29.8 Å². The Morgan fingerprint density at radius 3 is 2.35 bits per heavy atom. The predicted molar refractivity (Wildman–Crippen MR) is 82.9 cm³/mol. The Labute approximate surface area is 121 Å². The molecule has 0 spiro atoms. The average Bonchev–Trinajstić information content (AvgIpc) is 2.46. The molecule has 1 N–H and O–H groups in total. The van der Waals surface area contributed by atoms with E-state index in [1.54, 1.807) is 6.92 Å². The van der Waals surface area contributed by atoms with E-state index in [1.165, 1.54) is 11.3 Å². The summed E-state index contributed by atoms with van der Waals surface area (Å²) in [4.78, 5) is 15.3. The van der Waals surface area contributed by atoms with E-state index in [1.807, 2.05) is 4.90 Å². The second-order valence-corrected chi connectivity index (χ2v) is 5.72. The highest BCUT2D eigenvalue weighted by molar-refractivity contribution is 5.73. The molecular weight excluding hydrogens is 250 g/mol. The minimum absolute atomic E-state index is 0.197. The molecule has 1 heterocycles. The first kappa shape index (κ1) is 14.9. The Hall–Kier alpha value is -1.55. The van der Waals surface area contributed by atoms with Crippen molar-refractivity contribution in [3.8, 4) is 0 Å². The van der Waals surface area contributed by atoms with Gasteiger partial charge >= 0.3 is 0 Å². The third-order valence-electron chi connectivity index (χ3n) is 3.99. The molecule has 4 nitrogen and oxygen atoms in total. The molecule has 0 aliphatic carbocycles. The fourth-order valence-corrected chi connectivity index (χ4v) is 2.57. The summed E-state index contributed by atoms with van der Waals surface area (Å²) in [6.07, 6.45) is 2.10. The van der Waals surface area contributed by atoms with E-state index >= 15 is 0 Å². The fourth-order valence-electron chi connectivity index (χ4n) is 2.57. The Balaban J connectivity index is 1.77. The Morgan fingerprint density at radius 1 is 1.25 bits per heavy atom. The molecular formula is C16H25N3O. The van der Waals surface area contributed by atoms with Crippen molar-refractivity contribution in [2.75, 3.05) is 32.1 Å². The molecule has 2 rings (SSSR count). The van der Waals surface area contributed by atoms with Crippen LogP contribution in [-0.4, -0.2) is 44.0 Å². The summed E-state index contributed by atoms with van der Waals surface area (Å²) >= 11 is 0. The van der Waals surface area contributed by atoms with Crippen molar-refractivity contribution in [2.24, 2.45) is 0 Å². The number of hydrogen-bond acceptors (Lipinski definition) is 3. The lowest BCUT2D eigenvalue weighted by Gasteiger charge is -2.31. The van der Waals surface area contributed by atoms with Gasteiger partial charge in [0.1, 0.15) is 0 Å². The first-order chi connectivity index (χ1) is 9.56. The molecule has 1 fully saturated rings. The van der Waals surface area contributed by atoms with E-state index in [4.69, 9.17) is 0 Å². The maximum Gasteiger partial charge on any atom is 0.219 e. The van der Waals surface area contributed by atoms with Crippen LogP contribution < -0.4 is 10.2 Å². The molecule has 0 bridgehead atoms. The van der Waals surface area contributed by atoms with E-state index < -0.39 is 0 Å². The second kappa shape index (κ2) is 6.75. The molecule has 0 atom stereocenters. The number of hydrogen-bond donors (Lipinski definition) is 1. The number of piperidine rings is 1. The standard InChI is InChI=1S/C16H25N3O/c1-13(20)19-10-8-15(9-11-19)17-12-14-4-6-16(7-5-14)18(2)3/h4-7,15,17H,8-12H2,1-3H3. The van der Waals surface area contributed by atoms with Crippen LogP contribution in [0.4, 0.5) is 5.69 Å². The third-order valence-corrected chi connectivity index (χ3v) is 3.99. The molecule has 4 heteroatoms. The van der Waals surface area contributed by atoms with E-state index in [9.17, 15) is 4.79 Å². The normalized spacial score (nSPS) is 16.2. The summed E-state index contributed by atoms with van der Waals surface area (Å²) in [7, 11) is 4.10. The zero-order chi connectivity index (χ0) is 14.5. The minimum atomic E-state index is 0.197. The van der Waals surface area contributed by atoms with Gasteiger partial charge in [0, 0.05) is 52.4 Å². The maximum absolute atomic E-state index is 11.3. The zero-order valence-corrected chi connectivity index (χ0v) is 12.7. The molecule has 1 amide bonds. The van der Waals surface area contributed by atoms with Crippen molar-refractivity contribution in [1.82, 2.24) is 10.2 Å². The van der Waals surface area contributed by atoms with Crippen LogP contribution in [0.25, 0.3) is 0 Å². The Kier molecular flexibility index (Phi) is 5.01. The summed E-state index contributed by atoms with van der Waals surface area (Å²) < 4.78 is 0. The van der Waals surface area contributed by atoms with Crippen molar-refractivity contribution in [3.63, 3.8) is 0 Å². The summed E-state index contributed by atoms with van der Waals surface area (Å²) in [6.45, 7) is 4.32. The topological polar surface area (TPSA) is 35.6 Å². The van der Waals surface area contributed by atoms with Gasteiger partial charge in [0.25, 0.3) is 0 Å². The Morgan fingerprint density at radius 2 is 1.85 bits per heavy atom. The first-order valence-corrected chi connectivity index (χ1v) is 7.31. The van der Waals surface area contributed by atoms with Gasteiger partial charge in [-0.15, -0.1) is 0 Å². The molecule has 0 radical (unpaired) electrons. The first-order valence-electron chi connectivity index (χ1n) is 7.31. The van der Waals surface area contributed by atoms with Crippen molar-refractivity contribution < 1.29 is 4.79 Å². The molecule has 1 saturated heterocycles. The average molecular weight is 275 g/mol. The van der Waals surface area contributed by atoms with Crippen molar-refractivity contribution >= 4 is 11.6 Å². The number of nitrogens with one attached hydrogen (secondary N) is 1. The predicted octanol–water partition coefficient (Wildman–Crippen LogP) is 1.85. The molecule has 1 aliphatic heterocycles. The quantitative estimate of drug-likeness (QED) is 0.911. The van der Waals surface area contributed by atoms with Crippen LogP contribution in [0.15, 0.2) is 24.3 Å². The fraction of sp³-hybridized carbons (Fsp3) is 0.562. The van der Waals surface area contributed by atoms with Crippen LogP contribution in [0.3, 0.4) is 0 Å². The van der Waals surface area contributed by atoms with Gasteiger partial charge < -0.3 is 15.1 Å². The Bertz CT molecular complexity index is 434. The lowest BCUT2D eigenvalue weighted by Crippen LogP contribution is -2.43. The highest BCUT2D eigenvalue weighted by Crippen LogP contribution is 2.14. The van der Waals surface area contributed by atoms with Gasteiger partial charge in [0.05, 0.1) is 0 Å². The van der Waals surface area contributed by atoms with Gasteiger partial charge in [0.2, 0.25) is 5.91 Å². The van der Waals surface area contributed by atoms with Crippen LogP contribution in [0.1, 0.15) is 25.3 Å². The van der Waals surface area contributed by atoms with Crippen molar-refractivity contribution in [1.29, 1.82) is 0 Å². The molecule has 20 heavy (non-hydrogen) atoms. The summed E-state index contributed by atoms with van der Waals surface area (Å²) in [5.74, 6) is 0.197. The van der Waals surface area contributed by atoms with Crippen LogP contribution in [0, 0.1) is 0 Å². The van der Waals surface area contributed by atoms with Gasteiger partial charge in [-0.05, 0) is 30.5 Å². The van der Waals surface area contributed by atoms with Gasteiger partial charge in [-0.2, -0.15) is 0 Å². The molecule has 1 aromatic carbocycles. The molecule has 0 aromatic heterocycles. The highest BCUT2D eigenvalue weighted by Gasteiger charge is 2.19. The van der Waals surface area contributed by atoms with Gasteiger partial charge in [-0.3, -0.25) is 4.79 Å². The van der Waals surface area contributed by atoms with Gasteiger partial charge in [0.15, 0.2) is 0 Å². The molecule has 110 valence electrons. The molecule has 0 unspecified atom stereocenters. The van der Waals surface area contributed by atoms with Crippen LogP contribution in [0.5, 0.6) is 0 Å². The number of nitrogens with zero attached hydrogens (tertiary/aromatic N) is 2. The molecule has 0 saturated carbocycles. The monoisotopic (exact) mass is 275 g/mol. The van der Waals surface area contributed by atoms with E-state index in [2.05, 4.69) is 48.6 Å². The van der Waals surface area contributed by atoms with E-state index in [0.717, 1.165) is 32.5 Å². The van der Waals surface area contributed by atoms with Gasteiger partial charge in [-0.1, -0.05) is 12.1 Å². The number of carbonyl (C=O) groups is 1. The number of carbonyl (C=O) groups excluding carboxylic acids is 1. The number of amides is 1. The molecule has 1 aliphatic rings. The van der Waals surface area contributed by atoms with Crippen molar-refractivity contribution in [2.45, 2.75) is 32.4 Å². The summed E-state index contributed by atoms with van der Waals surface area (Å²) in [5, 5.41) is 3.59. The maximum atomic E-state index is 11.3. The third kappa shape index (κ3) is 3.97. The minimum Gasteiger partial charge on any atom is -0.378 e. The second-order valence-electron chi connectivity index (χ2n) is 5.72. The summed E-state index contributed by atoms with van der Waals surface area (Å²) in [6, 6.07) is 9.17. The number of anilines is 1. The molecule has 1 aromatic rings. The summed E-state index contributed by atoms with van der Waals surface area (Å²) in [5.41, 5.74) is 2.54. The largest absolute Gasteiger partial charge is 0.378 e. The highest BCUT2D eigenvalue weighted by atomic mass is 16.2. The van der Waals surface area contributed by atoms with E-state index in [-0.39, 0.29) is 5.91 Å². The van der Waals surface area contributed by atoms with Crippen LogP contribution in [0.2, 0.25) is 0 Å². The lowest BCUT2D eigenvalue weighted by atomic mass is 10.0.